The molecule has 1 fully saturated rings. The van der Waals surface area contributed by atoms with Gasteiger partial charge in [0.2, 0.25) is 0 Å². The van der Waals surface area contributed by atoms with Crippen molar-refractivity contribution in [2.75, 3.05) is 31.7 Å². The van der Waals surface area contributed by atoms with Crippen molar-refractivity contribution in [2.45, 2.75) is 6.42 Å². The van der Waals surface area contributed by atoms with Gasteiger partial charge in [0.1, 0.15) is 5.75 Å². The molecule has 0 radical (unpaired) electrons. The first-order valence-corrected chi connectivity index (χ1v) is 5.33. The minimum Gasteiger partial charge on any atom is -0.497 e. The van der Waals surface area contributed by atoms with Crippen molar-refractivity contribution in [1.82, 2.24) is 0 Å². The van der Waals surface area contributed by atoms with Gasteiger partial charge in [-0.05, 0) is 30.7 Å². The van der Waals surface area contributed by atoms with E-state index in [2.05, 4.69) is 17.0 Å². The number of aliphatic hydroxyl groups is 1. The number of rotatable bonds is 3. The number of methoxy groups -OCH3 is 1. The molecule has 15 heavy (non-hydrogen) atoms. The van der Waals surface area contributed by atoms with Crippen LogP contribution in [0.5, 0.6) is 5.75 Å². The summed E-state index contributed by atoms with van der Waals surface area (Å²) in [5.41, 5.74) is 1.21. The number of hydrogen-bond donors (Lipinski definition) is 1. The number of benzene rings is 1. The average molecular weight is 207 g/mol. The van der Waals surface area contributed by atoms with Crippen LogP contribution in [0.3, 0.4) is 0 Å². The fourth-order valence-electron chi connectivity index (χ4n) is 2.01. The first kappa shape index (κ1) is 10.3. The second kappa shape index (κ2) is 4.53. The lowest BCUT2D eigenvalue weighted by Crippen LogP contribution is -2.20. The lowest BCUT2D eigenvalue weighted by atomic mass is 10.1. The van der Waals surface area contributed by atoms with Crippen LogP contribution >= 0.6 is 0 Å². The zero-order valence-corrected chi connectivity index (χ0v) is 9.02. The van der Waals surface area contributed by atoms with Gasteiger partial charge < -0.3 is 14.7 Å². The van der Waals surface area contributed by atoms with Crippen LogP contribution in [0.25, 0.3) is 0 Å². The van der Waals surface area contributed by atoms with Crippen LogP contribution in [0, 0.1) is 5.92 Å². The fraction of sp³-hybridized carbons (Fsp3) is 0.500. The second-order valence-electron chi connectivity index (χ2n) is 3.98. The first-order chi connectivity index (χ1) is 7.33. The monoisotopic (exact) mass is 207 g/mol. The molecule has 0 saturated carbocycles. The Bertz CT molecular complexity index is 310. The van der Waals surface area contributed by atoms with Gasteiger partial charge in [-0.2, -0.15) is 0 Å². The standard InChI is InChI=1S/C12H17NO2/c1-15-12-4-2-11(3-5-12)13-7-6-10(8-13)9-14/h2-5,10,14H,6-9H2,1H3/t10-/m0/s1. The second-order valence-corrected chi connectivity index (χ2v) is 3.98. The Kier molecular flexibility index (Phi) is 3.11. The number of anilines is 1. The van der Waals surface area contributed by atoms with Crippen molar-refractivity contribution in [3.05, 3.63) is 24.3 Å². The molecule has 1 aliphatic rings. The average Bonchev–Trinajstić information content (AvgIpc) is 2.78. The molecule has 1 saturated heterocycles. The molecule has 0 unspecified atom stereocenters. The number of nitrogens with zero attached hydrogens (tertiary/aromatic N) is 1. The van der Waals surface area contributed by atoms with E-state index in [1.807, 2.05) is 12.1 Å². The van der Waals surface area contributed by atoms with Crippen molar-refractivity contribution in [1.29, 1.82) is 0 Å². The van der Waals surface area contributed by atoms with Crippen LogP contribution in [0.1, 0.15) is 6.42 Å². The van der Waals surface area contributed by atoms with Crippen molar-refractivity contribution in [3.63, 3.8) is 0 Å². The SMILES string of the molecule is COc1ccc(N2CC[C@H](CO)C2)cc1. The van der Waals surface area contributed by atoms with Gasteiger partial charge in [-0.15, -0.1) is 0 Å². The summed E-state index contributed by atoms with van der Waals surface area (Å²) in [7, 11) is 1.67. The topological polar surface area (TPSA) is 32.7 Å². The molecule has 1 atom stereocenters. The van der Waals surface area contributed by atoms with E-state index in [9.17, 15) is 0 Å². The summed E-state index contributed by atoms with van der Waals surface area (Å²) in [5.74, 6) is 1.32. The predicted octanol–water partition coefficient (Wildman–Crippen LogP) is 1.51. The molecule has 3 nitrogen and oxygen atoms in total. The third-order valence-electron chi connectivity index (χ3n) is 2.98. The molecule has 82 valence electrons. The van der Waals surface area contributed by atoms with Crippen LogP contribution in [-0.2, 0) is 0 Å². The molecule has 0 amide bonds. The molecule has 0 bridgehead atoms. The zero-order valence-electron chi connectivity index (χ0n) is 9.02. The van der Waals surface area contributed by atoms with Gasteiger partial charge in [0.25, 0.3) is 0 Å². The Morgan fingerprint density at radius 3 is 2.67 bits per heavy atom. The van der Waals surface area contributed by atoms with Crippen molar-refractivity contribution in [2.24, 2.45) is 5.92 Å². The zero-order chi connectivity index (χ0) is 10.7. The van der Waals surface area contributed by atoms with Crippen LogP contribution in [-0.4, -0.2) is 31.9 Å². The van der Waals surface area contributed by atoms with E-state index in [-0.39, 0.29) is 0 Å². The van der Waals surface area contributed by atoms with E-state index >= 15 is 0 Å². The Morgan fingerprint density at radius 2 is 2.13 bits per heavy atom. The van der Waals surface area contributed by atoms with Gasteiger partial charge in [-0.25, -0.2) is 0 Å². The molecule has 1 aromatic rings. The molecule has 1 aliphatic heterocycles. The van der Waals surface area contributed by atoms with Crippen molar-refractivity contribution in [3.8, 4) is 5.75 Å². The highest BCUT2D eigenvalue weighted by molar-refractivity contribution is 5.49. The van der Waals surface area contributed by atoms with E-state index in [0.29, 0.717) is 12.5 Å². The lowest BCUT2D eigenvalue weighted by molar-refractivity contribution is 0.238. The smallest absolute Gasteiger partial charge is 0.119 e. The van der Waals surface area contributed by atoms with Gasteiger partial charge >= 0.3 is 0 Å². The van der Waals surface area contributed by atoms with Gasteiger partial charge in [0, 0.05) is 31.3 Å². The number of ether oxygens (including phenoxy) is 1. The van der Waals surface area contributed by atoms with Crippen molar-refractivity contribution < 1.29 is 9.84 Å². The summed E-state index contributed by atoms with van der Waals surface area (Å²) in [6.45, 7) is 2.30. The molecule has 3 heteroatoms. The molecule has 1 heterocycles. The quantitative estimate of drug-likeness (QED) is 0.815. The molecule has 1 N–H and O–H groups in total. The molecular weight excluding hydrogens is 190 g/mol. The van der Waals surface area contributed by atoms with Crippen molar-refractivity contribution >= 4 is 5.69 Å². The first-order valence-electron chi connectivity index (χ1n) is 5.33. The highest BCUT2D eigenvalue weighted by Gasteiger charge is 2.21. The van der Waals surface area contributed by atoms with Gasteiger partial charge in [0.05, 0.1) is 7.11 Å². The lowest BCUT2D eigenvalue weighted by Gasteiger charge is -2.18. The third-order valence-corrected chi connectivity index (χ3v) is 2.98. The highest BCUT2D eigenvalue weighted by atomic mass is 16.5. The molecule has 0 spiro atoms. The van der Waals surface area contributed by atoms with E-state index in [0.717, 1.165) is 25.3 Å². The van der Waals surface area contributed by atoms with E-state index in [1.54, 1.807) is 7.11 Å². The van der Waals surface area contributed by atoms with Crippen LogP contribution in [0.4, 0.5) is 5.69 Å². The Labute approximate surface area is 90.3 Å². The summed E-state index contributed by atoms with van der Waals surface area (Å²) in [6.07, 6.45) is 1.09. The van der Waals surface area contributed by atoms with Crippen LogP contribution < -0.4 is 9.64 Å². The largest absolute Gasteiger partial charge is 0.497 e. The van der Waals surface area contributed by atoms with Gasteiger partial charge in [-0.1, -0.05) is 0 Å². The Hall–Kier alpha value is -1.22. The normalized spacial score (nSPS) is 20.7. The van der Waals surface area contributed by atoms with E-state index in [4.69, 9.17) is 9.84 Å². The minimum absolute atomic E-state index is 0.298. The van der Waals surface area contributed by atoms with E-state index < -0.39 is 0 Å². The molecular formula is C12H17NO2. The fourth-order valence-corrected chi connectivity index (χ4v) is 2.01. The molecule has 0 aromatic heterocycles. The van der Waals surface area contributed by atoms with Crippen LogP contribution in [0.15, 0.2) is 24.3 Å². The minimum atomic E-state index is 0.298. The van der Waals surface area contributed by atoms with Crippen LogP contribution in [0.2, 0.25) is 0 Å². The summed E-state index contributed by atoms with van der Waals surface area (Å²) in [6, 6.07) is 8.08. The maximum absolute atomic E-state index is 9.07. The number of hydrogen-bond acceptors (Lipinski definition) is 3. The molecule has 1 aromatic carbocycles. The summed E-state index contributed by atoms with van der Waals surface area (Å²) in [4.78, 5) is 2.31. The Morgan fingerprint density at radius 1 is 1.40 bits per heavy atom. The van der Waals surface area contributed by atoms with Gasteiger partial charge in [0.15, 0.2) is 0 Å². The molecule has 2 rings (SSSR count). The van der Waals surface area contributed by atoms with E-state index in [1.165, 1.54) is 5.69 Å². The molecule has 0 aliphatic carbocycles. The third kappa shape index (κ3) is 2.23. The Balaban J connectivity index is 2.04. The summed E-state index contributed by atoms with van der Waals surface area (Å²) >= 11 is 0. The summed E-state index contributed by atoms with van der Waals surface area (Å²) < 4.78 is 5.12. The highest BCUT2D eigenvalue weighted by Crippen LogP contribution is 2.25. The predicted molar refractivity (Wildman–Crippen MR) is 60.4 cm³/mol. The summed E-state index contributed by atoms with van der Waals surface area (Å²) in [5, 5.41) is 9.07. The maximum atomic E-state index is 9.07. The maximum Gasteiger partial charge on any atom is 0.119 e. The van der Waals surface area contributed by atoms with Gasteiger partial charge in [-0.3, -0.25) is 0 Å². The number of aliphatic hydroxyl groups excluding tert-OH is 1.